The van der Waals surface area contributed by atoms with Crippen LogP contribution in [0.25, 0.3) is 0 Å². The van der Waals surface area contributed by atoms with Gasteiger partial charge in [0.25, 0.3) is 0 Å². The number of guanidine groups is 1. The first kappa shape index (κ1) is 16.4. The van der Waals surface area contributed by atoms with Crippen molar-refractivity contribution < 1.29 is 0 Å². The summed E-state index contributed by atoms with van der Waals surface area (Å²) in [7, 11) is 0. The molecule has 4 nitrogen and oxygen atoms in total. The van der Waals surface area contributed by atoms with Crippen molar-refractivity contribution in [3.63, 3.8) is 0 Å². The van der Waals surface area contributed by atoms with Crippen LogP contribution in [0.5, 0.6) is 0 Å². The number of nitrogens with one attached hydrogen (secondary N) is 2. The maximum absolute atomic E-state index is 4.54. The number of benzene rings is 1. The van der Waals surface area contributed by atoms with Crippen molar-refractivity contribution in [3.05, 3.63) is 30.3 Å². The Labute approximate surface area is 144 Å². The topological polar surface area (TPSA) is 39.7 Å². The Morgan fingerprint density at radius 2 is 1.86 bits per heavy atom. The van der Waals surface area contributed by atoms with Crippen molar-refractivity contribution in [2.75, 3.05) is 24.5 Å². The maximum Gasteiger partial charge on any atom is 0.191 e. The third kappa shape index (κ3) is 4.76. The van der Waals surface area contributed by atoms with Crippen molar-refractivity contribution in [2.24, 2.45) is 4.99 Å². The highest BCUT2D eigenvalue weighted by molar-refractivity contribution is 14.0. The van der Waals surface area contributed by atoms with E-state index in [1.165, 1.54) is 24.9 Å². The second-order valence-electron chi connectivity index (χ2n) is 5.65. The van der Waals surface area contributed by atoms with Crippen LogP contribution in [0, 0.1) is 0 Å². The van der Waals surface area contributed by atoms with Gasteiger partial charge in [0, 0.05) is 37.4 Å². The van der Waals surface area contributed by atoms with Crippen LogP contribution in [0.3, 0.4) is 0 Å². The molecule has 1 aromatic rings. The summed E-state index contributed by atoms with van der Waals surface area (Å²) < 4.78 is 0. The Bertz CT molecular complexity index is 459. The molecule has 2 aliphatic rings. The molecule has 2 N–H and O–H groups in total. The predicted octanol–water partition coefficient (Wildman–Crippen LogP) is 2.60. The van der Waals surface area contributed by atoms with E-state index < -0.39 is 0 Å². The van der Waals surface area contributed by atoms with Gasteiger partial charge in [0.1, 0.15) is 0 Å². The van der Waals surface area contributed by atoms with Gasteiger partial charge in [0.15, 0.2) is 5.96 Å². The molecule has 1 aliphatic carbocycles. The zero-order valence-corrected chi connectivity index (χ0v) is 14.9. The molecule has 0 spiro atoms. The van der Waals surface area contributed by atoms with Crippen LogP contribution in [0.15, 0.2) is 35.3 Å². The molecule has 116 valence electrons. The molecule has 3 rings (SSSR count). The van der Waals surface area contributed by atoms with Crippen LogP contribution in [0.4, 0.5) is 5.69 Å². The van der Waals surface area contributed by atoms with E-state index in [9.17, 15) is 0 Å². The summed E-state index contributed by atoms with van der Waals surface area (Å²) in [6.45, 7) is 5.09. The van der Waals surface area contributed by atoms with Gasteiger partial charge >= 0.3 is 0 Å². The molecule has 1 saturated carbocycles. The second kappa shape index (κ2) is 7.87. The highest BCUT2D eigenvalue weighted by atomic mass is 127. The van der Waals surface area contributed by atoms with E-state index in [0.29, 0.717) is 12.1 Å². The standard InChI is InChI=1S/C16H24N4.HI/c1-2-17-16(18-13-8-9-13)19-14-10-11-20(12-14)15-6-4-3-5-7-15;/h3-7,13-14H,2,8-12H2,1H3,(H2,17,18,19);1H. The number of hydrogen-bond donors (Lipinski definition) is 2. The molecule has 1 aliphatic heterocycles. The highest BCUT2D eigenvalue weighted by Gasteiger charge is 2.26. The SMILES string of the molecule is CCN=C(NC1CC1)NC1CCN(c2ccccc2)C1.I. The normalized spacial score (nSPS) is 21.9. The van der Waals surface area contributed by atoms with E-state index in [2.05, 4.69) is 57.8 Å². The second-order valence-corrected chi connectivity index (χ2v) is 5.65. The fourth-order valence-corrected chi connectivity index (χ4v) is 2.66. The monoisotopic (exact) mass is 400 g/mol. The van der Waals surface area contributed by atoms with Gasteiger partial charge in [-0.25, -0.2) is 0 Å². The van der Waals surface area contributed by atoms with E-state index in [0.717, 1.165) is 25.6 Å². The van der Waals surface area contributed by atoms with Gasteiger partial charge in [0.05, 0.1) is 0 Å². The van der Waals surface area contributed by atoms with Gasteiger partial charge in [-0.2, -0.15) is 0 Å². The van der Waals surface area contributed by atoms with Crippen molar-refractivity contribution in [1.29, 1.82) is 0 Å². The van der Waals surface area contributed by atoms with Crippen molar-refractivity contribution in [3.8, 4) is 0 Å². The van der Waals surface area contributed by atoms with E-state index in [4.69, 9.17) is 0 Å². The Balaban J connectivity index is 0.00000161. The summed E-state index contributed by atoms with van der Waals surface area (Å²) in [6, 6.07) is 11.8. The summed E-state index contributed by atoms with van der Waals surface area (Å²) in [5.74, 6) is 0.995. The van der Waals surface area contributed by atoms with Crippen LogP contribution in [-0.2, 0) is 0 Å². The maximum atomic E-state index is 4.54. The lowest BCUT2D eigenvalue weighted by Gasteiger charge is -2.20. The molecule has 1 atom stereocenters. The van der Waals surface area contributed by atoms with Crippen molar-refractivity contribution in [1.82, 2.24) is 10.6 Å². The molecule has 0 aromatic heterocycles. The zero-order chi connectivity index (χ0) is 13.8. The molecule has 1 saturated heterocycles. The molecule has 5 heteroatoms. The third-order valence-electron chi connectivity index (χ3n) is 3.88. The molecule has 0 amide bonds. The van der Waals surface area contributed by atoms with E-state index in [1.54, 1.807) is 0 Å². The summed E-state index contributed by atoms with van der Waals surface area (Å²) in [5, 5.41) is 7.08. The summed E-state index contributed by atoms with van der Waals surface area (Å²) >= 11 is 0. The molecule has 2 fully saturated rings. The zero-order valence-electron chi connectivity index (χ0n) is 12.6. The van der Waals surface area contributed by atoms with Gasteiger partial charge in [-0.05, 0) is 38.3 Å². The molecule has 1 unspecified atom stereocenters. The highest BCUT2D eigenvalue weighted by Crippen LogP contribution is 2.20. The summed E-state index contributed by atoms with van der Waals surface area (Å²) in [5.41, 5.74) is 1.32. The fraction of sp³-hybridized carbons (Fsp3) is 0.562. The number of aliphatic imine (C=N–C) groups is 1. The average molecular weight is 400 g/mol. The molecule has 0 bridgehead atoms. The fourth-order valence-electron chi connectivity index (χ4n) is 2.66. The van der Waals surface area contributed by atoms with Crippen LogP contribution in [0.1, 0.15) is 26.2 Å². The first-order chi connectivity index (χ1) is 9.85. The van der Waals surface area contributed by atoms with E-state index >= 15 is 0 Å². The van der Waals surface area contributed by atoms with Gasteiger partial charge in [0.2, 0.25) is 0 Å². The largest absolute Gasteiger partial charge is 0.369 e. The lowest BCUT2D eigenvalue weighted by Crippen LogP contribution is -2.45. The van der Waals surface area contributed by atoms with E-state index in [-0.39, 0.29) is 24.0 Å². The van der Waals surface area contributed by atoms with Crippen LogP contribution < -0.4 is 15.5 Å². The minimum absolute atomic E-state index is 0. The molecule has 1 heterocycles. The van der Waals surface area contributed by atoms with Gasteiger partial charge in [-0.1, -0.05) is 18.2 Å². The Morgan fingerprint density at radius 3 is 2.52 bits per heavy atom. The van der Waals surface area contributed by atoms with Gasteiger partial charge < -0.3 is 15.5 Å². The van der Waals surface area contributed by atoms with Crippen LogP contribution >= 0.6 is 24.0 Å². The minimum Gasteiger partial charge on any atom is -0.369 e. The quantitative estimate of drug-likeness (QED) is 0.464. The predicted molar refractivity (Wildman–Crippen MR) is 99.7 cm³/mol. The Morgan fingerprint density at radius 1 is 1.14 bits per heavy atom. The first-order valence-electron chi connectivity index (χ1n) is 7.72. The molecule has 1 aromatic carbocycles. The number of halogens is 1. The molecular weight excluding hydrogens is 375 g/mol. The summed E-state index contributed by atoms with van der Waals surface area (Å²) in [4.78, 5) is 6.98. The van der Waals surface area contributed by atoms with Gasteiger partial charge in [-0.15, -0.1) is 24.0 Å². The lowest BCUT2D eigenvalue weighted by molar-refractivity contribution is 0.646. The first-order valence-corrected chi connectivity index (χ1v) is 7.72. The smallest absolute Gasteiger partial charge is 0.191 e. The molecule has 0 radical (unpaired) electrons. The number of rotatable bonds is 4. The van der Waals surface area contributed by atoms with Crippen LogP contribution in [0.2, 0.25) is 0 Å². The molecular formula is C16H25IN4. The number of anilines is 1. The third-order valence-corrected chi connectivity index (χ3v) is 3.88. The number of nitrogens with zero attached hydrogens (tertiary/aromatic N) is 2. The van der Waals surface area contributed by atoms with Gasteiger partial charge in [-0.3, -0.25) is 4.99 Å². The molecule has 21 heavy (non-hydrogen) atoms. The average Bonchev–Trinajstić information content (AvgIpc) is 3.16. The summed E-state index contributed by atoms with van der Waals surface area (Å²) in [6.07, 6.45) is 3.74. The van der Waals surface area contributed by atoms with Crippen LogP contribution in [-0.4, -0.2) is 37.7 Å². The Kier molecular flexibility index (Phi) is 6.14. The lowest BCUT2D eigenvalue weighted by atomic mass is 10.3. The van der Waals surface area contributed by atoms with E-state index in [1.807, 2.05) is 0 Å². The minimum atomic E-state index is 0. The number of para-hydroxylation sites is 1. The Hall–Kier alpha value is -0.980. The van der Waals surface area contributed by atoms with Crippen molar-refractivity contribution >= 4 is 35.6 Å². The number of hydrogen-bond acceptors (Lipinski definition) is 2. The van der Waals surface area contributed by atoms with Crippen molar-refractivity contribution in [2.45, 2.75) is 38.3 Å².